The summed E-state index contributed by atoms with van der Waals surface area (Å²) in [6.45, 7) is 8.21. The van der Waals surface area contributed by atoms with Gasteiger partial charge < -0.3 is 19.6 Å². The molecule has 130 valence electrons. The molecule has 5 nitrogen and oxygen atoms in total. The summed E-state index contributed by atoms with van der Waals surface area (Å²) in [5, 5.41) is 13.0. The van der Waals surface area contributed by atoms with Gasteiger partial charge >= 0.3 is 0 Å². The van der Waals surface area contributed by atoms with E-state index < -0.39 is 6.10 Å². The Morgan fingerprint density at radius 2 is 1.88 bits per heavy atom. The van der Waals surface area contributed by atoms with Crippen LogP contribution in [0.1, 0.15) is 24.4 Å². The fourth-order valence-electron chi connectivity index (χ4n) is 2.83. The molecule has 1 fully saturated rings. The monoisotopic (exact) mass is 330 g/mol. The van der Waals surface area contributed by atoms with Crippen molar-refractivity contribution in [2.45, 2.75) is 19.6 Å². The standard InChI is InChI=1S/C19H26N2O3/c1-15(22)16-2-4-17(5-3-16)19-7-6-18(24-19)14-20-8-9-21-10-12-23-13-11-21/h2-7,15,20,22H,8-14H2,1H3/t15-/m0/s1. The van der Waals surface area contributed by atoms with Crippen molar-refractivity contribution < 1.29 is 14.3 Å². The number of furan rings is 1. The number of hydrogen-bond donors (Lipinski definition) is 2. The number of nitrogens with zero attached hydrogens (tertiary/aromatic N) is 1. The second-order valence-electron chi connectivity index (χ2n) is 6.19. The van der Waals surface area contributed by atoms with Gasteiger partial charge in [-0.3, -0.25) is 4.90 Å². The van der Waals surface area contributed by atoms with E-state index in [0.29, 0.717) is 0 Å². The summed E-state index contributed by atoms with van der Waals surface area (Å²) in [4.78, 5) is 2.41. The number of morpholine rings is 1. The Morgan fingerprint density at radius 3 is 2.58 bits per heavy atom. The SMILES string of the molecule is C[C@H](O)c1ccc(-c2ccc(CNCCN3CCOCC3)o2)cc1. The van der Waals surface area contributed by atoms with Crippen molar-refractivity contribution in [2.75, 3.05) is 39.4 Å². The van der Waals surface area contributed by atoms with Crippen LogP contribution in [-0.2, 0) is 11.3 Å². The number of benzene rings is 1. The van der Waals surface area contributed by atoms with Gasteiger partial charge in [-0.05, 0) is 24.6 Å². The third kappa shape index (κ3) is 4.68. The van der Waals surface area contributed by atoms with Gasteiger partial charge in [0.25, 0.3) is 0 Å². The highest BCUT2D eigenvalue weighted by atomic mass is 16.5. The number of rotatable bonds is 7. The average molecular weight is 330 g/mol. The van der Waals surface area contributed by atoms with E-state index in [9.17, 15) is 5.11 Å². The second-order valence-corrected chi connectivity index (χ2v) is 6.19. The number of aliphatic hydroxyl groups excluding tert-OH is 1. The minimum absolute atomic E-state index is 0.443. The number of nitrogens with one attached hydrogen (secondary N) is 1. The molecule has 2 N–H and O–H groups in total. The van der Waals surface area contributed by atoms with Gasteiger partial charge in [0.1, 0.15) is 11.5 Å². The first-order chi connectivity index (χ1) is 11.7. The van der Waals surface area contributed by atoms with E-state index in [1.807, 2.05) is 36.4 Å². The van der Waals surface area contributed by atoms with E-state index in [1.54, 1.807) is 6.92 Å². The summed E-state index contributed by atoms with van der Waals surface area (Å²) in [5.41, 5.74) is 1.94. The van der Waals surface area contributed by atoms with Crippen LogP contribution in [0.2, 0.25) is 0 Å². The molecule has 0 spiro atoms. The maximum absolute atomic E-state index is 9.56. The van der Waals surface area contributed by atoms with Crippen molar-refractivity contribution in [3.63, 3.8) is 0 Å². The molecule has 1 aliphatic heterocycles. The highest BCUT2D eigenvalue weighted by Crippen LogP contribution is 2.24. The molecule has 0 saturated carbocycles. The third-order valence-corrected chi connectivity index (χ3v) is 4.35. The molecule has 24 heavy (non-hydrogen) atoms. The molecule has 0 unspecified atom stereocenters. The van der Waals surface area contributed by atoms with E-state index in [0.717, 1.165) is 68.6 Å². The predicted octanol–water partition coefficient (Wildman–Crippen LogP) is 2.42. The normalized spacial score (nSPS) is 17.1. The van der Waals surface area contributed by atoms with Crippen LogP contribution in [0, 0.1) is 0 Å². The van der Waals surface area contributed by atoms with Crippen LogP contribution in [0.4, 0.5) is 0 Å². The van der Waals surface area contributed by atoms with E-state index in [1.165, 1.54) is 0 Å². The van der Waals surface area contributed by atoms with Crippen molar-refractivity contribution in [2.24, 2.45) is 0 Å². The molecule has 2 heterocycles. The van der Waals surface area contributed by atoms with E-state index >= 15 is 0 Å². The van der Waals surface area contributed by atoms with Crippen LogP contribution in [0.25, 0.3) is 11.3 Å². The van der Waals surface area contributed by atoms with Crippen molar-refractivity contribution in [1.29, 1.82) is 0 Å². The lowest BCUT2D eigenvalue weighted by Crippen LogP contribution is -2.40. The lowest BCUT2D eigenvalue weighted by molar-refractivity contribution is 0.0383. The molecular weight excluding hydrogens is 304 g/mol. The number of aliphatic hydroxyl groups is 1. The number of ether oxygens (including phenoxy) is 1. The second kappa shape index (κ2) is 8.44. The van der Waals surface area contributed by atoms with Crippen molar-refractivity contribution in [3.8, 4) is 11.3 Å². The molecule has 3 rings (SSSR count). The van der Waals surface area contributed by atoms with Gasteiger partial charge in [0, 0.05) is 31.7 Å². The molecule has 0 radical (unpaired) electrons. The van der Waals surface area contributed by atoms with E-state index in [2.05, 4.69) is 10.2 Å². The molecule has 0 aliphatic carbocycles. The zero-order valence-electron chi connectivity index (χ0n) is 14.2. The van der Waals surface area contributed by atoms with Gasteiger partial charge in [-0.25, -0.2) is 0 Å². The molecule has 1 atom stereocenters. The van der Waals surface area contributed by atoms with Gasteiger partial charge in [-0.1, -0.05) is 24.3 Å². The Hall–Kier alpha value is -1.66. The zero-order valence-corrected chi connectivity index (χ0v) is 14.2. The molecule has 5 heteroatoms. The fraction of sp³-hybridized carbons (Fsp3) is 0.474. The molecule has 2 aromatic rings. The Balaban J connectivity index is 1.46. The summed E-state index contributed by atoms with van der Waals surface area (Å²) in [6.07, 6.45) is -0.443. The molecule has 0 amide bonds. The van der Waals surface area contributed by atoms with Gasteiger partial charge in [0.15, 0.2) is 0 Å². The number of hydrogen-bond acceptors (Lipinski definition) is 5. The first-order valence-electron chi connectivity index (χ1n) is 8.60. The minimum atomic E-state index is -0.443. The molecule has 0 bridgehead atoms. The fourth-order valence-corrected chi connectivity index (χ4v) is 2.83. The minimum Gasteiger partial charge on any atom is -0.460 e. The predicted molar refractivity (Wildman–Crippen MR) is 93.7 cm³/mol. The summed E-state index contributed by atoms with van der Waals surface area (Å²) < 4.78 is 11.3. The Bertz CT molecular complexity index is 616. The Morgan fingerprint density at radius 1 is 1.12 bits per heavy atom. The van der Waals surface area contributed by atoms with Crippen LogP contribution in [-0.4, -0.2) is 49.4 Å². The highest BCUT2D eigenvalue weighted by Gasteiger charge is 2.10. The first-order valence-corrected chi connectivity index (χ1v) is 8.60. The molecule has 1 aromatic heterocycles. The zero-order chi connectivity index (χ0) is 16.8. The van der Waals surface area contributed by atoms with Crippen molar-refractivity contribution in [3.05, 3.63) is 47.7 Å². The van der Waals surface area contributed by atoms with Crippen LogP contribution in [0.15, 0.2) is 40.8 Å². The van der Waals surface area contributed by atoms with E-state index in [4.69, 9.17) is 9.15 Å². The highest BCUT2D eigenvalue weighted by molar-refractivity contribution is 5.58. The summed E-state index contributed by atoms with van der Waals surface area (Å²) >= 11 is 0. The topological polar surface area (TPSA) is 57.9 Å². The summed E-state index contributed by atoms with van der Waals surface area (Å²) in [7, 11) is 0. The maximum Gasteiger partial charge on any atom is 0.134 e. The Labute approximate surface area is 143 Å². The summed E-state index contributed by atoms with van der Waals surface area (Å²) in [6, 6.07) is 11.8. The molecule has 1 aromatic carbocycles. The first kappa shape index (κ1) is 17.2. The Kier molecular flexibility index (Phi) is 6.04. The lowest BCUT2D eigenvalue weighted by atomic mass is 10.1. The van der Waals surface area contributed by atoms with Crippen molar-refractivity contribution >= 4 is 0 Å². The quantitative estimate of drug-likeness (QED) is 0.764. The van der Waals surface area contributed by atoms with Crippen LogP contribution < -0.4 is 5.32 Å². The third-order valence-electron chi connectivity index (χ3n) is 4.35. The molecular formula is C19H26N2O3. The van der Waals surface area contributed by atoms with Gasteiger partial charge in [-0.15, -0.1) is 0 Å². The maximum atomic E-state index is 9.56. The van der Waals surface area contributed by atoms with Crippen LogP contribution in [0.5, 0.6) is 0 Å². The van der Waals surface area contributed by atoms with Crippen molar-refractivity contribution in [1.82, 2.24) is 10.2 Å². The average Bonchev–Trinajstić information content (AvgIpc) is 3.09. The smallest absolute Gasteiger partial charge is 0.134 e. The van der Waals surface area contributed by atoms with Gasteiger partial charge in [0.2, 0.25) is 0 Å². The van der Waals surface area contributed by atoms with Crippen LogP contribution >= 0.6 is 0 Å². The summed E-state index contributed by atoms with van der Waals surface area (Å²) in [5.74, 6) is 1.80. The van der Waals surface area contributed by atoms with Gasteiger partial charge in [-0.2, -0.15) is 0 Å². The lowest BCUT2D eigenvalue weighted by Gasteiger charge is -2.26. The van der Waals surface area contributed by atoms with Gasteiger partial charge in [0.05, 0.1) is 25.9 Å². The van der Waals surface area contributed by atoms with E-state index in [-0.39, 0.29) is 0 Å². The largest absolute Gasteiger partial charge is 0.460 e. The molecule has 1 saturated heterocycles. The van der Waals surface area contributed by atoms with Crippen LogP contribution in [0.3, 0.4) is 0 Å². The molecule has 1 aliphatic rings.